The van der Waals surface area contributed by atoms with Crippen LogP contribution in [0.5, 0.6) is 0 Å². The second-order valence-electron chi connectivity index (χ2n) is 9.08. The van der Waals surface area contributed by atoms with Crippen LogP contribution in [0.2, 0.25) is 5.02 Å². The molecule has 2 heterocycles. The molecule has 0 bridgehead atoms. The Kier molecular flexibility index (Phi) is 6.80. The topological polar surface area (TPSA) is 99.6 Å². The number of hydrogen-bond acceptors (Lipinski definition) is 6. The van der Waals surface area contributed by atoms with Crippen molar-refractivity contribution in [1.29, 1.82) is 0 Å². The summed E-state index contributed by atoms with van der Waals surface area (Å²) in [6, 6.07) is 21.7. The van der Waals surface area contributed by atoms with Crippen LogP contribution in [0.3, 0.4) is 0 Å². The number of pyridine rings is 1. The first kappa shape index (κ1) is 25.4. The smallest absolute Gasteiger partial charge is 0.325 e. The number of sulfonamides is 1. The SMILES string of the molecule is CN(Cc1cccnc1)c1cccc([C@H]2C[C@@]2(NS(=O)(=O)c2ccc(-c3ccc(Cl)cc3)s2)C(=O)O)c1. The molecule has 1 aliphatic carbocycles. The van der Waals surface area contributed by atoms with Crippen LogP contribution in [-0.4, -0.2) is 37.1 Å². The molecule has 4 aromatic rings. The molecule has 5 rings (SSSR count). The van der Waals surface area contributed by atoms with E-state index in [1.165, 1.54) is 6.07 Å². The molecular weight excluding hydrogens is 530 g/mol. The summed E-state index contributed by atoms with van der Waals surface area (Å²) in [5.41, 5.74) is 1.96. The average Bonchev–Trinajstić information content (AvgIpc) is 3.38. The van der Waals surface area contributed by atoms with Gasteiger partial charge < -0.3 is 10.0 Å². The minimum absolute atomic E-state index is 0.0636. The standard InChI is InChI=1S/C27H24ClN3O4S2/c1-31(17-18-4-3-13-29-16-18)22-6-2-5-20(14-22)23-15-27(23,26(32)33)30-37(34,35)25-12-11-24(36-25)19-7-9-21(28)10-8-19/h2-14,16,23,30H,15,17H2,1H3,(H,32,33)/t23-,27+/m1/s1. The first-order chi connectivity index (χ1) is 17.7. The van der Waals surface area contributed by atoms with E-state index in [9.17, 15) is 18.3 Å². The molecule has 2 aromatic heterocycles. The van der Waals surface area contributed by atoms with Crippen molar-refractivity contribution < 1.29 is 18.3 Å². The molecule has 0 spiro atoms. The summed E-state index contributed by atoms with van der Waals surface area (Å²) in [6.45, 7) is 0.632. The van der Waals surface area contributed by atoms with Gasteiger partial charge in [0, 0.05) is 47.5 Å². The van der Waals surface area contributed by atoms with E-state index in [1.54, 1.807) is 30.6 Å². The van der Waals surface area contributed by atoms with Gasteiger partial charge in [-0.3, -0.25) is 9.78 Å². The zero-order valence-electron chi connectivity index (χ0n) is 19.8. The Morgan fingerprint density at radius 3 is 2.65 bits per heavy atom. The average molecular weight is 554 g/mol. The van der Waals surface area contributed by atoms with Crippen molar-refractivity contribution in [3.05, 3.63) is 101 Å². The number of thiophene rings is 1. The largest absolute Gasteiger partial charge is 0.480 e. The lowest BCUT2D eigenvalue weighted by atomic mass is 10.1. The summed E-state index contributed by atoms with van der Waals surface area (Å²) in [5.74, 6) is -1.67. The predicted octanol–water partition coefficient (Wildman–Crippen LogP) is 5.39. The monoisotopic (exact) mass is 553 g/mol. The molecule has 7 nitrogen and oxygen atoms in total. The van der Waals surface area contributed by atoms with Crippen LogP contribution < -0.4 is 9.62 Å². The second kappa shape index (κ2) is 9.90. The fourth-order valence-electron chi connectivity index (χ4n) is 4.42. The first-order valence-corrected chi connectivity index (χ1v) is 14.2. The molecule has 10 heteroatoms. The van der Waals surface area contributed by atoms with E-state index in [0.717, 1.165) is 38.6 Å². The van der Waals surface area contributed by atoms with Gasteiger partial charge in [-0.1, -0.05) is 41.9 Å². The molecule has 0 amide bonds. The molecule has 0 saturated heterocycles. The molecule has 0 aliphatic heterocycles. The molecule has 1 aliphatic rings. The third-order valence-corrected chi connectivity index (χ3v) is 9.88. The van der Waals surface area contributed by atoms with Gasteiger partial charge in [0.15, 0.2) is 0 Å². The van der Waals surface area contributed by atoms with Crippen LogP contribution in [0.1, 0.15) is 23.5 Å². The lowest BCUT2D eigenvalue weighted by Gasteiger charge is -2.20. The molecule has 2 atom stereocenters. The van der Waals surface area contributed by atoms with Gasteiger partial charge in [0.25, 0.3) is 10.0 Å². The molecule has 0 radical (unpaired) electrons. The maximum atomic E-state index is 13.2. The number of hydrogen-bond donors (Lipinski definition) is 2. The van der Waals surface area contributed by atoms with Gasteiger partial charge in [0.2, 0.25) is 0 Å². The quantitative estimate of drug-likeness (QED) is 0.288. The number of carboxylic acids is 1. The van der Waals surface area contributed by atoms with Crippen LogP contribution in [0, 0.1) is 0 Å². The van der Waals surface area contributed by atoms with Crippen LogP contribution in [0.25, 0.3) is 10.4 Å². The number of benzene rings is 2. The number of rotatable bonds is 9. The first-order valence-electron chi connectivity index (χ1n) is 11.5. The maximum absolute atomic E-state index is 13.2. The van der Waals surface area contributed by atoms with Crippen molar-refractivity contribution >= 4 is 44.6 Å². The lowest BCUT2D eigenvalue weighted by Crippen LogP contribution is -2.44. The molecular formula is C27H24ClN3O4S2. The number of anilines is 1. The third kappa shape index (κ3) is 5.26. The van der Waals surface area contributed by atoms with Gasteiger partial charge in [0.05, 0.1) is 0 Å². The van der Waals surface area contributed by atoms with E-state index in [0.29, 0.717) is 11.6 Å². The zero-order valence-corrected chi connectivity index (χ0v) is 22.2. The fraction of sp³-hybridized carbons (Fsp3) is 0.185. The van der Waals surface area contributed by atoms with Gasteiger partial charge in [-0.05, 0) is 65.6 Å². The van der Waals surface area contributed by atoms with E-state index < -0.39 is 27.4 Å². The number of carbonyl (C=O) groups is 1. The summed E-state index contributed by atoms with van der Waals surface area (Å²) in [4.78, 5) is 19.3. The minimum atomic E-state index is -4.06. The van der Waals surface area contributed by atoms with Crippen LogP contribution in [0.4, 0.5) is 5.69 Å². The molecule has 2 N–H and O–H groups in total. The highest BCUT2D eigenvalue weighted by molar-refractivity contribution is 7.91. The molecule has 2 aromatic carbocycles. The van der Waals surface area contributed by atoms with E-state index in [-0.39, 0.29) is 10.6 Å². The molecule has 1 saturated carbocycles. The van der Waals surface area contributed by atoms with Crippen molar-refractivity contribution in [3.8, 4) is 10.4 Å². The highest BCUT2D eigenvalue weighted by Crippen LogP contribution is 2.53. The third-order valence-electron chi connectivity index (χ3n) is 6.49. The van der Waals surface area contributed by atoms with Gasteiger partial charge in [-0.25, -0.2) is 8.42 Å². The summed E-state index contributed by atoms with van der Waals surface area (Å²) in [6.07, 6.45) is 3.69. The van der Waals surface area contributed by atoms with Crippen LogP contribution in [0.15, 0.2) is 89.4 Å². The Bertz CT molecular complexity index is 1540. The van der Waals surface area contributed by atoms with Crippen LogP contribution >= 0.6 is 22.9 Å². The Balaban J connectivity index is 1.35. The van der Waals surface area contributed by atoms with E-state index in [1.807, 2.05) is 60.5 Å². The normalized spacial score (nSPS) is 18.9. The Morgan fingerprint density at radius 2 is 1.95 bits per heavy atom. The van der Waals surface area contributed by atoms with Crippen molar-refractivity contribution in [2.24, 2.45) is 0 Å². The predicted molar refractivity (Wildman–Crippen MR) is 146 cm³/mol. The number of carboxylic acid groups (broad SMARTS) is 1. The summed E-state index contributed by atoms with van der Waals surface area (Å²) >= 11 is 7.04. The van der Waals surface area contributed by atoms with E-state index >= 15 is 0 Å². The second-order valence-corrected chi connectivity index (χ2v) is 12.5. The van der Waals surface area contributed by atoms with Crippen molar-refractivity contribution in [1.82, 2.24) is 9.71 Å². The number of halogens is 1. The van der Waals surface area contributed by atoms with Gasteiger partial charge in [0.1, 0.15) is 9.75 Å². The maximum Gasteiger partial charge on any atom is 0.325 e. The molecule has 37 heavy (non-hydrogen) atoms. The number of aliphatic carboxylic acids is 1. The summed E-state index contributed by atoms with van der Waals surface area (Å²) in [7, 11) is -2.11. The Labute approximate surface area is 224 Å². The zero-order chi connectivity index (χ0) is 26.2. The van der Waals surface area contributed by atoms with Crippen molar-refractivity contribution in [2.75, 3.05) is 11.9 Å². The Hall–Kier alpha value is -3.24. The van der Waals surface area contributed by atoms with Gasteiger partial charge in [-0.15, -0.1) is 11.3 Å². The van der Waals surface area contributed by atoms with E-state index in [2.05, 4.69) is 9.71 Å². The number of nitrogens with zero attached hydrogens (tertiary/aromatic N) is 2. The highest BCUT2D eigenvalue weighted by Gasteiger charge is 2.63. The molecule has 190 valence electrons. The van der Waals surface area contributed by atoms with Crippen molar-refractivity contribution in [2.45, 2.75) is 28.6 Å². The number of aromatic nitrogens is 1. The lowest BCUT2D eigenvalue weighted by molar-refractivity contribution is -0.140. The highest BCUT2D eigenvalue weighted by atomic mass is 35.5. The summed E-state index contributed by atoms with van der Waals surface area (Å²) < 4.78 is 29.1. The summed E-state index contributed by atoms with van der Waals surface area (Å²) in [5, 5.41) is 10.7. The minimum Gasteiger partial charge on any atom is -0.480 e. The number of nitrogens with one attached hydrogen (secondary N) is 1. The molecule has 1 fully saturated rings. The van der Waals surface area contributed by atoms with Gasteiger partial charge >= 0.3 is 5.97 Å². The Morgan fingerprint density at radius 1 is 1.16 bits per heavy atom. The fourth-order valence-corrected chi connectivity index (χ4v) is 7.26. The van der Waals surface area contributed by atoms with Crippen LogP contribution in [-0.2, 0) is 21.4 Å². The molecule has 0 unspecified atom stereocenters. The van der Waals surface area contributed by atoms with Crippen molar-refractivity contribution in [3.63, 3.8) is 0 Å². The van der Waals surface area contributed by atoms with Gasteiger partial charge in [-0.2, -0.15) is 4.72 Å². The van der Waals surface area contributed by atoms with E-state index in [4.69, 9.17) is 11.6 Å².